The number of aromatic nitrogens is 1. The van der Waals surface area contributed by atoms with Crippen LogP contribution in [0.25, 0.3) is 0 Å². The van der Waals surface area contributed by atoms with E-state index in [0.29, 0.717) is 24.6 Å². The molecule has 1 aliphatic heterocycles. The summed E-state index contributed by atoms with van der Waals surface area (Å²) in [7, 11) is 0. The molecule has 43 heavy (non-hydrogen) atoms. The third kappa shape index (κ3) is 11.8. The van der Waals surface area contributed by atoms with Crippen molar-refractivity contribution in [2.45, 2.75) is 79.3 Å². The minimum atomic E-state index is -4.60. The summed E-state index contributed by atoms with van der Waals surface area (Å²) in [5.74, 6) is -0.0769. The number of carbonyl (C=O) groups is 2. The Morgan fingerprint density at radius 3 is 2.28 bits per heavy atom. The van der Waals surface area contributed by atoms with Crippen LogP contribution in [0.5, 0.6) is 0 Å². The minimum absolute atomic E-state index is 0.0974. The normalized spacial score (nSPS) is 14.1. The molecule has 1 aromatic carbocycles. The van der Waals surface area contributed by atoms with Crippen molar-refractivity contribution in [3.63, 3.8) is 0 Å². The molecule has 2 heterocycles. The molecule has 0 radical (unpaired) electrons. The average molecular weight is 616 g/mol. The van der Waals surface area contributed by atoms with Crippen molar-refractivity contribution in [3.05, 3.63) is 53.0 Å². The number of hydrazine groups is 2. The summed E-state index contributed by atoms with van der Waals surface area (Å²) in [5.41, 5.74) is 3.21. The van der Waals surface area contributed by atoms with Crippen LogP contribution in [0.1, 0.15) is 71.2 Å². The molecule has 15 heteroatoms. The lowest BCUT2D eigenvalue weighted by Gasteiger charge is -2.33. The number of halogens is 4. The third-order valence-corrected chi connectivity index (χ3v) is 6.10. The monoisotopic (exact) mass is 615 g/mol. The zero-order chi connectivity index (χ0) is 32.4. The summed E-state index contributed by atoms with van der Waals surface area (Å²) in [6.07, 6.45) is -3.89. The quantitative estimate of drug-likeness (QED) is 0.182. The molecule has 3 amide bonds. The van der Waals surface area contributed by atoms with Gasteiger partial charge in [-0.15, -0.1) is 0 Å². The Bertz CT molecular complexity index is 1220. The zero-order valence-corrected chi connectivity index (χ0v) is 25.2. The number of carbonyl (C=O) groups excluding carboxylic acids is 2. The molecule has 240 valence electrons. The molecule has 0 unspecified atom stereocenters. The fraction of sp³-hybridized carbons (Fsp3) is 0.536. The van der Waals surface area contributed by atoms with E-state index in [4.69, 9.17) is 4.74 Å². The second-order valence-corrected chi connectivity index (χ2v) is 10.7. The van der Waals surface area contributed by atoms with Crippen molar-refractivity contribution in [2.75, 3.05) is 23.3 Å². The van der Waals surface area contributed by atoms with Gasteiger partial charge in [-0.2, -0.15) is 13.2 Å². The van der Waals surface area contributed by atoms with E-state index in [1.807, 2.05) is 19.3 Å². The van der Waals surface area contributed by atoms with Gasteiger partial charge < -0.3 is 20.3 Å². The van der Waals surface area contributed by atoms with Gasteiger partial charge in [-0.05, 0) is 63.0 Å². The Morgan fingerprint density at radius 1 is 1.07 bits per heavy atom. The van der Waals surface area contributed by atoms with E-state index in [-0.39, 0.29) is 35.4 Å². The standard InChI is InChI=1S/C26H35F4N7O4.C2H6/c1-16-9-11-36(12-10-16)22-18(6-8-21(34-22)26(28,29)30)14-31-23(38)33-19-7-5-17(20(27)13-19)15-32-37(40)35-24(39)41-25(2,3)4;1-2/h5-8,13,16,32,40H,9-12,14-15H2,1-4H3,(H,35,39)(H2,31,33,38);1-2H3. The highest BCUT2D eigenvalue weighted by atomic mass is 19.4. The first kappa shape index (κ1) is 35.5. The number of nitrogens with zero attached hydrogens (tertiary/aromatic N) is 3. The molecule has 3 rings (SSSR count). The van der Waals surface area contributed by atoms with E-state index in [1.54, 1.807) is 25.7 Å². The summed E-state index contributed by atoms with van der Waals surface area (Å²) in [6, 6.07) is 5.31. The molecule has 0 spiro atoms. The van der Waals surface area contributed by atoms with E-state index >= 15 is 0 Å². The van der Waals surface area contributed by atoms with Crippen LogP contribution in [0.2, 0.25) is 0 Å². The molecule has 1 fully saturated rings. The SMILES string of the molecule is CC.CC1CCN(c2nc(C(F)(F)F)ccc2CNC(=O)Nc2ccc(CNN(O)NC(=O)OC(C)(C)C)c(F)c2)CC1. The number of piperidine rings is 1. The molecule has 1 aromatic heterocycles. The molecule has 2 aromatic rings. The molecule has 1 aliphatic rings. The molecule has 5 N–H and O–H groups in total. The smallest absolute Gasteiger partial charge is 0.433 e. The van der Waals surface area contributed by atoms with Crippen LogP contribution in [0.3, 0.4) is 0 Å². The Morgan fingerprint density at radius 2 is 1.70 bits per heavy atom. The van der Waals surface area contributed by atoms with Gasteiger partial charge in [-0.3, -0.25) is 5.21 Å². The number of nitrogens with one attached hydrogen (secondary N) is 4. The highest BCUT2D eigenvalue weighted by Crippen LogP contribution is 2.32. The van der Waals surface area contributed by atoms with Crippen LogP contribution < -0.4 is 26.4 Å². The van der Waals surface area contributed by atoms with Gasteiger partial charge in [-0.25, -0.2) is 29.8 Å². The maximum atomic E-state index is 14.6. The second kappa shape index (κ2) is 15.7. The zero-order valence-electron chi connectivity index (χ0n) is 25.2. The summed E-state index contributed by atoms with van der Waals surface area (Å²) in [6.45, 7) is 11.8. The number of hydrogen-bond acceptors (Lipinski definition) is 8. The molecule has 1 saturated heterocycles. The third-order valence-electron chi connectivity index (χ3n) is 6.10. The Kier molecular flexibility index (Phi) is 13.0. The van der Waals surface area contributed by atoms with Crippen molar-refractivity contribution in [1.82, 2.24) is 26.4 Å². The van der Waals surface area contributed by atoms with E-state index in [1.165, 1.54) is 18.2 Å². The number of anilines is 2. The number of alkyl halides is 3. The fourth-order valence-corrected chi connectivity index (χ4v) is 3.97. The van der Waals surface area contributed by atoms with Crippen LogP contribution >= 0.6 is 0 Å². The first-order chi connectivity index (χ1) is 20.1. The summed E-state index contributed by atoms with van der Waals surface area (Å²) in [5, 5.41) is 15.0. The molecule has 0 atom stereocenters. The fourth-order valence-electron chi connectivity index (χ4n) is 3.97. The number of urea groups is 1. The van der Waals surface area contributed by atoms with Gasteiger partial charge >= 0.3 is 18.3 Å². The lowest BCUT2D eigenvalue weighted by Crippen LogP contribution is -2.49. The lowest BCUT2D eigenvalue weighted by molar-refractivity contribution is -0.177. The Labute approximate surface area is 248 Å². The highest BCUT2D eigenvalue weighted by molar-refractivity contribution is 5.89. The lowest BCUT2D eigenvalue weighted by atomic mass is 9.99. The largest absolute Gasteiger partial charge is 0.443 e. The summed E-state index contributed by atoms with van der Waals surface area (Å²) in [4.78, 5) is 29.8. The number of rotatable bonds is 8. The Hall–Kier alpha value is -3.69. The van der Waals surface area contributed by atoms with Crippen molar-refractivity contribution in [3.8, 4) is 0 Å². The predicted molar refractivity (Wildman–Crippen MR) is 153 cm³/mol. The van der Waals surface area contributed by atoms with Crippen molar-refractivity contribution >= 4 is 23.6 Å². The van der Waals surface area contributed by atoms with Crippen molar-refractivity contribution in [2.24, 2.45) is 5.92 Å². The van der Waals surface area contributed by atoms with Gasteiger partial charge in [0.25, 0.3) is 0 Å². The maximum Gasteiger partial charge on any atom is 0.433 e. The second-order valence-electron chi connectivity index (χ2n) is 10.7. The number of amides is 3. The number of ether oxygens (including phenoxy) is 1. The summed E-state index contributed by atoms with van der Waals surface area (Å²) < 4.78 is 59.5. The van der Waals surface area contributed by atoms with Crippen LogP contribution in [0, 0.1) is 11.7 Å². The highest BCUT2D eigenvalue weighted by Gasteiger charge is 2.34. The molecule has 0 bridgehead atoms. The first-order valence-electron chi connectivity index (χ1n) is 14.0. The number of pyridine rings is 1. The van der Waals surface area contributed by atoms with Crippen molar-refractivity contribution in [1.29, 1.82) is 0 Å². The molecular weight excluding hydrogens is 574 g/mol. The molecular formula is C28H41F4N7O4. The predicted octanol–water partition coefficient (Wildman–Crippen LogP) is 5.96. The van der Waals surface area contributed by atoms with E-state index in [9.17, 15) is 32.4 Å². The van der Waals surface area contributed by atoms with E-state index in [0.717, 1.165) is 25.0 Å². The molecule has 11 nitrogen and oxygen atoms in total. The van der Waals surface area contributed by atoms with Crippen LogP contribution in [-0.4, -0.2) is 46.3 Å². The number of hydrogen-bond donors (Lipinski definition) is 5. The van der Waals surface area contributed by atoms with Gasteiger partial charge in [0.2, 0.25) is 0 Å². The van der Waals surface area contributed by atoms with Gasteiger partial charge in [0.05, 0.1) is 0 Å². The van der Waals surface area contributed by atoms with Gasteiger partial charge in [0.15, 0.2) is 0 Å². The molecule has 0 saturated carbocycles. The van der Waals surface area contributed by atoms with Crippen LogP contribution in [0.4, 0.5) is 38.7 Å². The first-order valence-corrected chi connectivity index (χ1v) is 14.0. The van der Waals surface area contributed by atoms with E-state index < -0.39 is 35.4 Å². The van der Waals surface area contributed by atoms with Crippen molar-refractivity contribution < 1.29 is 37.1 Å². The molecule has 0 aliphatic carbocycles. The maximum absolute atomic E-state index is 14.6. The number of benzene rings is 1. The van der Waals surface area contributed by atoms with Gasteiger partial charge in [-0.1, -0.05) is 32.9 Å². The van der Waals surface area contributed by atoms with Gasteiger partial charge in [0, 0.05) is 43.0 Å². The average Bonchev–Trinajstić information content (AvgIpc) is 2.91. The van der Waals surface area contributed by atoms with Crippen LogP contribution in [0.15, 0.2) is 30.3 Å². The Balaban J connectivity index is 0.00000316. The summed E-state index contributed by atoms with van der Waals surface area (Å²) >= 11 is 0. The van der Waals surface area contributed by atoms with Crippen LogP contribution in [-0.2, 0) is 24.0 Å². The van der Waals surface area contributed by atoms with E-state index in [2.05, 4.69) is 28.0 Å². The van der Waals surface area contributed by atoms with Gasteiger partial charge in [0.1, 0.15) is 22.9 Å². The minimum Gasteiger partial charge on any atom is -0.443 e. The topological polar surface area (TPSA) is 131 Å².